The molecule has 0 saturated carbocycles. The van der Waals surface area contributed by atoms with E-state index in [1.165, 1.54) is 5.56 Å². The molecule has 0 spiro atoms. The van der Waals surface area contributed by atoms with Crippen LogP contribution in [-0.4, -0.2) is 35.0 Å². The van der Waals surface area contributed by atoms with E-state index in [1.807, 2.05) is 42.5 Å². The molecule has 2 aromatic carbocycles. The number of ether oxygens (including phenoxy) is 1. The van der Waals surface area contributed by atoms with Crippen molar-refractivity contribution in [3.05, 3.63) is 65.7 Å². The van der Waals surface area contributed by atoms with Gasteiger partial charge in [0.25, 0.3) is 0 Å². The van der Waals surface area contributed by atoms with Crippen molar-refractivity contribution in [2.75, 3.05) is 13.2 Å². The molecule has 0 radical (unpaired) electrons. The molecule has 0 saturated heterocycles. The van der Waals surface area contributed by atoms with Gasteiger partial charge in [-0.05, 0) is 44.7 Å². The largest absolute Gasteiger partial charge is 0.490 e. The van der Waals surface area contributed by atoms with Gasteiger partial charge >= 0.3 is 0 Å². The molecule has 3 N–H and O–H groups in total. The van der Waals surface area contributed by atoms with Gasteiger partial charge in [-0.1, -0.05) is 55.5 Å². The molecule has 2 unspecified atom stereocenters. The van der Waals surface area contributed by atoms with Crippen LogP contribution in [0.1, 0.15) is 50.8 Å². The van der Waals surface area contributed by atoms with Gasteiger partial charge in [0.2, 0.25) is 0 Å². The van der Waals surface area contributed by atoms with Gasteiger partial charge < -0.3 is 20.3 Å². The van der Waals surface area contributed by atoms with Gasteiger partial charge in [-0.3, -0.25) is 0 Å². The number of hydrogen-bond donors (Lipinski definition) is 3. The zero-order valence-electron chi connectivity index (χ0n) is 16.7. The Morgan fingerprint density at radius 1 is 1.00 bits per heavy atom. The number of aliphatic hydroxyl groups is 2. The molecule has 0 bridgehead atoms. The SMILES string of the molecule is CCC(C)(C)NCC(O)COc1ccccc1C(O)CCc1ccccc1. The van der Waals surface area contributed by atoms with Crippen molar-refractivity contribution in [1.29, 1.82) is 0 Å². The van der Waals surface area contributed by atoms with Crippen LogP contribution in [0.3, 0.4) is 0 Å². The summed E-state index contributed by atoms with van der Waals surface area (Å²) in [6.45, 7) is 7.00. The highest BCUT2D eigenvalue weighted by Crippen LogP contribution is 2.28. The van der Waals surface area contributed by atoms with Crippen LogP contribution in [0, 0.1) is 0 Å². The van der Waals surface area contributed by atoms with Gasteiger partial charge in [0.05, 0.1) is 6.10 Å². The highest BCUT2D eigenvalue weighted by atomic mass is 16.5. The van der Waals surface area contributed by atoms with E-state index < -0.39 is 12.2 Å². The maximum atomic E-state index is 10.6. The summed E-state index contributed by atoms with van der Waals surface area (Å²) in [5, 5.41) is 24.2. The molecule has 2 atom stereocenters. The maximum absolute atomic E-state index is 10.6. The summed E-state index contributed by atoms with van der Waals surface area (Å²) in [6, 6.07) is 17.6. The molecule has 2 rings (SSSR count). The average Bonchev–Trinajstić information content (AvgIpc) is 2.70. The van der Waals surface area contributed by atoms with Gasteiger partial charge in [0, 0.05) is 17.6 Å². The first-order valence-electron chi connectivity index (χ1n) is 9.78. The Kier molecular flexibility index (Phi) is 8.29. The number of benzene rings is 2. The van der Waals surface area contributed by atoms with Crippen molar-refractivity contribution in [2.45, 2.75) is 57.8 Å². The second-order valence-corrected chi connectivity index (χ2v) is 7.66. The fraction of sp³-hybridized carbons (Fsp3) is 0.478. The Hall–Kier alpha value is -1.88. The summed E-state index contributed by atoms with van der Waals surface area (Å²) >= 11 is 0. The molecule has 148 valence electrons. The molecule has 4 heteroatoms. The minimum absolute atomic E-state index is 0.00742. The van der Waals surface area contributed by atoms with E-state index in [4.69, 9.17) is 4.74 Å². The van der Waals surface area contributed by atoms with Crippen LogP contribution >= 0.6 is 0 Å². The standard InChI is InChI=1S/C23H33NO3/c1-4-23(2,3)24-16-19(25)17-27-22-13-9-8-12-20(22)21(26)15-14-18-10-6-5-7-11-18/h5-13,19,21,24-26H,4,14-17H2,1-3H3. The van der Waals surface area contributed by atoms with Gasteiger partial charge in [-0.2, -0.15) is 0 Å². The first-order chi connectivity index (χ1) is 12.9. The van der Waals surface area contributed by atoms with Gasteiger partial charge in [0.15, 0.2) is 0 Å². The Balaban J connectivity index is 1.88. The lowest BCUT2D eigenvalue weighted by Crippen LogP contribution is -2.44. The van der Waals surface area contributed by atoms with Crippen molar-refractivity contribution in [3.63, 3.8) is 0 Å². The van der Waals surface area contributed by atoms with E-state index in [0.717, 1.165) is 18.4 Å². The fourth-order valence-corrected chi connectivity index (χ4v) is 2.75. The van der Waals surface area contributed by atoms with Gasteiger partial charge in [-0.25, -0.2) is 0 Å². The van der Waals surface area contributed by atoms with Gasteiger partial charge in [0.1, 0.15) is 18.5 Å². The van der Waals surface area contributed by atoms with E-state index in [0.29, 0.717) is 18.7 Å². The zero-order chi connectivity index (χ0) is 19.7. The second kappa shape index (κ2) is 10.5. The lowest BCUT2D eigenvalue weighted by Gasteiger charge is -2.26. The second-order valence-electron chi connectivity index (χ2n) is 7.66. The monoisotopic (exact) mass is 371 g/mol. The van der Waals surface area contributed by atoms with Crippen LogP contribution in [0.2, 0.25) is 0 Å². The summed E-state index contributed by atoms with van der Waals surface area (Å²) in [7, 11) is 0. The number of rotatable bonds is 11. The van der Waals surface area contributed by atoms with Crippen molar-refractivity contribution < 1.29 is 14.9 Å². The van der Waals surface area contributed by atoms with E-state index >= 15 is 0 Å². The number of para-hydroxylation sites is 1. The van der Waals surface area contributed by atoms with Crippen molar-refractivity contribution >= 4 is 0 Å². The minimum atomic E-state index is -0.606. The Bertz CT molecular complexity index is 672. The predicted molar refractivity (Wildman–Crippen MR) is 110 cm³/mol. The zero-order valence-corrected chi connectivity index (χ0v) is 16.7. The van der Waals surface area contributed by atoms with Crippen molar-refractivity contribution in [1.82, 2.24) is 5.32 Å². The quantitative estimate of drug-likeness (QED) is 0.561. The molecule has 2 aromatic rings. The minimum Gasteiger partial charge on any atom is -0.490 e. The van der Waals surface area contributed by atoms with Crippen LogP contribution in [0.4, 0.5) is 0 Å². The number of hydrogen-bond acceptors (Lipinski definition) is 4. The topological polar surface area (TPSA) is 61.7 Å². The number of aryl methyl sites for hydroxylation is 1. The van der Waals surface area contributed by atoms with Crippen LogP contribution in [0.15, 0.2) is 54.6 Å². The van der Waals surface area contributed by atoms with Gasteiger partial charge in [-0.15, -0.1) is 0 Å². The Labute approximate surface area is 163 Å². The highest BCUT2D eigenvalue weighted by molar-refractivity contribution is 5.35. The average molecular weight is 372 g/mol. The van der Waals surface area contributed by atoms with Crippen LogP contribution in [0.5, 0.6) is 5.75 Å². The predicted octanol–water partition coefficient (Wildman–Crippen LogP) is 3.87. The summed E-state index contributed by atoms with van der Waals surface area (Å²) in [6.07, 6.45) is 1.20. The Morgan fingerprint density at radius 3 is 2.37 bits per heavy atom. The Morgan fingerprint density at radius 2 is 1.67 bits per heavy atom. The first kappa shape index (κ1) is 21.4. The molecule has 4 nitrogen and oxygen atoms in total. The molecular formula is C23H33NO3. The molecule has 0 amide bonds. The summed E-state index contributed by atoms with van der Waals surface area (Å²) in [5.41, 5.74) is 1.96. The third kappa shape index (κ3) is 7.33. The van der Waals surface area contributed by atoms with E-state index in [1.54, 1.807) is 0 Å². The number of β-amino-alcohol motifs (C(OH)–C–C–N with tert-alkyl or cyclic N) is 1. The van der Waals surface area contributed by atoms with E-state index in [9.17, 15) is 10.2 Å². The first-order valence-corrected chi connectivity index (χ1v) is 9.78. The molecule has 0 aliphatic heterocycles. The summed E-state index contributed by atoms with van der Waals surface area (Å²) in [5.74, 6) is 0.631. The molecule has 0 aliphatic carbocycles. The lowest BCUT2D eigenvalue weighted by atomic mass is 10.0. The van der Waals surface area contributed by atoms with Crippen LogP contribution < -0.4 is 10.1 Å². The fourth-order valence-electron chi connectivity index (χ4n) is 2.75. The smallest absolute Gasteiger partial charge is 0.125 e. The normalized spacial score (nSPS) is 14.0. The molecule has 0 aliphatic rings. The third-order valence-electron chi connectivity index (χ3n) is 4.96. The number of aliphatic hydroxyl groups excluding tert-OH is 2. The lowest BCUT2D eigenvalue weighted by molar-refractivity contribution is 0.0947. The molecular weight excluding hydrogens is 338 g/mol. The maximum Gasteiger partial charge on any atom is 0.125 e. The summed E-state index contributed by atoms with van der Waals surface area (Å²) in [4.78, 5) is 0. The highest BCUT2D eigenvalue weighted by Gasteiger charge is 2.17. The molecule has 0 aromatic heterocycles. The van der Waals surface area contributed by atoms with E-state index in [-0.39, 0.29) is 12.1 Å². The molecule has 27 heavy (non-hydrogen) atoms. The molecule has 0 fully saturated rings. The van der Waals surface area contributed by atoms with Crippen molar-refractivity contribution in [2.24, 2.45) is 0 Å². The van der Waals surface area contributed by atoms with E-state index in [2.05, 4.69) is 38.2 Å². The third-order valence-corrected chi connectivity index (χ3v) is 4.96. The number of nitrogens with one attached hydrogen (secondary N) is 1. The van der Waals surface area contributed by atoms with Crippen LogP contribution in [0.25, 0.3) is 0 Å². The van der Waals surface area contributed by atoms with Crippen LogP contribution in [-0.2, 0) is 6.42 Å². The van der Waals surface area contributed by atoms with Crippen molar-refractivity contribution in [3.8, 4) is 5.75 Å². The molecule has 0 heterocycles. The summed E-state index contributed by atoms with van der Waals surface area (Å²) < 4.78 is 5.82.